The van der Waals surface area contributed by atoms with Gasteiger partial charge in [-0.15, -0.1) is 0 Å². The number of alkyl halides is 3. The fraction of sp³-hybridized carbons (Fsp3) is 0.143. The van der Waals surface area contributed by atoms with Crippen molar-refractivity contribution in [2.24, 2.45) is 0 Å². The van der Waals surface area contributed by atoms with Crippen molar-refractivity contribution in [2.45, 2.75) is 24.0 Å². The minimum atomic E-state index is -4.59. The van der Waals surface area contributed by atoms with Gasteiger partial charge in [0.2, 0.25) is 0 Å². The lowest BCUT2D eigenvalue weighted by Crippen LogP contribution is -2.26. The van der Waals surface area contributed by atoms with Gasteiger partial charge in [0.25, 0.3) is 15.9 Å². The van der Waals surface area contributed by atoms with Gasteiger partial charge in [-0.05, 0) is 67.1 Å². The molecule has 0 fully saturated rings. The van der Waals surface area contributed by atoms with Gasteiger partial charge < -0.3 is 5.32 Å². The van der Waals surface area contributed by atoms with E-state index < -0.39 is 27.7 Å². The maximum absolute atomic E-state index is 12.8. The van der Waals surface area contributed by atoms with Crippen LogP contribution >= 0.6 is 0 Å². The summed E-state index contributed by atoms with van der Waals surface area (Å²) in [5.41, 5.74) is -0.0994. The van der Waals surface area contributed by atoms with Crippen molar-refractivity contribution in [1.29, 1.82) is 0 Å². The topological polar surface area (TPSA) is 88.2 Å². The summed E-state index contributed by atoms with van der Waals surface area (Å²) in [5, 5.41) is 2.79. The van der Waals surface area contributed by atoms with Crippen LogP contribution in [0.2, 0.25) is 0 Å². The van der Waals surface area contributed by atoms with Crippen molar-refractivity contribution in [1.82, 2.24) is 10.3 Å². The lowest BCUT2D eigenvalue weighted by atomic mass is 10.1. The van der Waals surface area contributed by atoms with Crippen molar-refractivity contribution in [3.8, 4) is 0 Å². The Bertz CT molecular complexity index is 1170. The molecule has 3 aromatic rings. The SMILES string of the molecule is CC(NC(=O)c1ccc(S(=O)(=O)Nc2cccc(C(F)(F)F)c2)cc1)c1ccncc1. The number of amides is 1. The molecule has 1 atom stereocenters. The van der Waals surface area contributed by atoms with Crippen LogP contribution in [0.3, 0.4) is 0 Å². The van der Waals surface area contributed by atoms with Crippen LogP contribution in [0.1, 0.15) is 34.5 Å². The van der Waals surface area contributed by atoms with E-state index in [4.69, 9.17) is 0 Å². The zero-order chi connectivity index (χ0) is 22.6. The molecular formula is C21H18F3N3O3S. The van der Waals surface area contributed by atoms with E-state index in [-0.39, 0.29) is 22.2 Å². The molecule has 2 N–H and O–H groups in total. The number of aromatic nitrogens is 1. The van der Waals surface area contributed by atoms with Crippen molar-refractivity contribution >= 4 is 21.6 Å². The Morgan fingerprint density at radius 3 is 2.26 bits per heavy atom. The lowest BCUT2D eigenvalue weighted by Gasteiger charge is -2.14. The lowest BCUT2D eigenvalue weighted by molar-refractivity contribution is -0.137. The highest BCUT2D eigenvalue weighted by molar-refractivity contribution is 7.92. The summed E-state index contributed by atoms with van der Waals surface area (Å²) in [6.07, 6.45) is -1.38. The molecule has 2 aromatic carbocycles. The normalized spacial score (nSPS) is 12.8. The van der Waals surface area contributed by atoms with Gasteiger partial charge in [0.15, 0.2) is 0 Å². The minimum absolute atomic E-state index is 0.191. The van der Waals surface area contributed by atoms with Gasteiger partial charge in [0.05, 0.1) is 16.5 Å². The van der Waals surface area contributed by atoms with Gasteiger partial charge >= 0.3 is 6.18 Å². The van der Waals surface area contributed by atoms with Crippen molar-refractivity contribution < 1.29 is 26.4 Å². The van der Waals surface area contributed by atoms with Crippen molar-refractivity contribution in [3.05, 3.63) is 89.7 Å². The summed E-state index contributed by atoms with van der Waals surface area (Å²) >= 11 is 0. The summed E-state index contributed by atoms with van der Waals surface area (Å²) in [4.78, 5) is 16.1. The predicted molar refractivity (Wildman–Crippen MR) is 109 cm³/mol. The molecule has 6 nitrogen and oxygen atoms in total. The number of halogens is 3. The van der Waals surface area contributed by atoms with E-state index in [1.165, 1.54) is 30.3 Å². The van der Waals surface area contributed by atoms with Crippen LogP contribution in [0.25, 0.3) is 0 Å². The maximum Gasteiger partial charge on any atom is 0.416 e. The number of hydrogen-bond acceptors (Lipinski definition) is 4. The molecule has 162 valence electrons. The summed E-state index contributed by atoms with van der Waals surface area (Å²) < 4.78 is 65.6. The quantitative estimate of drug-likeness (QED) is 0.584. The first-order valence-corrected chi connectivity index (χ1v) is 10.6. The molecule has 0 aliphatic rings. The summed E-state index contributed by atoms with van der Waals surface area (Å²) in [6.45, 7) is 1.80. The van der Waals surface area contributed by atoms with E-state index in [1.54, 1.807) is 31.5 Å². The van der Waals surface area contributed by atoms with E-state index >= 15 is 0 Å². The highest BCUT2D eigenvalue weighted by Crippen LogP contribution is 2.31. The zero-order valence-corrected chi connectivity index (χ0v) is 17.0. The molecule has 0 saturated carbocycles. The molecule has 0 bridgehead atoms. The first-order chi connectivity index (χ1) is 14.6. The van der Waals surface area contributed by atoms with Crippen LogP contribution < -0.4 is 10.0 Å². The number of carbonyl (C=O) groups excluding carboxylic acids is 1. The Labute approximate surface area is 177 Å². The first kappa shape index (κ1) is 22.3. The standard InChI is InChI=1S/C21H18F3N3O3S/c1-14(15-9-11-25-12-10-15)26-20(28)16-5-7-19(8-6-16)31(29,30)27-18-4-2-3-17(13-18)21(22,23)24/h2-14,27H,1H3,(H,26,28). The van der Waals surface area contributed by atoms with E-state index in [9.17, 15) is 26.4 Å². The fourth-order valence-corrected chi connectivity index (χ4v) is 3.82. The van der Waals surface area contributed by atoms with Crippen molar-refractivity contribution in [2.75, 3.05) is 4.72 Å². The van der Waals surface area contributed by atoms with Gasteiger partial charge in [0.1, 0.15) is 0 Å². The largest absolute Gasteiger partial charge is 0.416 e. The molecule has 10 heteroatoms. The highest BCUT2D eigenvalue weighted by atomic mass is 32.2. The molecule has 0 aliphatic carbocycles. The summed E-state index contributed by atoms with van der Waals surface area (Å²) in [5.74, 6) is -0.404. The third kappa shape index (κ3) is 5.60. The molecule has 0 spiro atoms. The third-order valence-electron chi connectivity index (χ3n) is 4.42. The molecule has 1 amide bonds. The summed E-state index contributed by atoms with van der Waals surface area (Å²) in [6, 6.07) is 12.2. The first-order valence-electron chi connectivity index (χ1n) is 9.07. The maximum atomic E-state index is 12.8. The van der Waals surface area contributed by atoms with Crippen LogP contribution in [0.5, 0.6) is 0 Å². The second-order valence-electron chi connectivity index (χ2n) is 6.68. The monoisotopic (exact) mass is 449 g/mol. The molecule has 1 heterocycles. The van der Waals surface area contributed by atoms with Gasteiger partial charge in [0, 0.05) is 23.6 Å². The Morgan fingerprint density at radius 2 is 1.65 bits per heavy atom. The number of benzene rings is 2. The van der Waals surface area contributed by atoms with E-state index in [1.807, 2.05) is 0 Å². The molecule has 0 aliphatic heterocycles. The minimum Gasteiger partial charge on any atom is -0.346 e. The van der Waals surface area contributed by atoms with E-state index in [2.05, 4.69) is 15.0 Å². The Kier molecular flexibility index (Phi) is 6.30. The average Bonchev–Trinajstić information content (AvgIpc) is 2.73. The number of hydrogen-bond donors (Lipinski definition) is 2. The molecule has 31 heavy (non-hydrogen) atoms. The highest BCUT2D eigenvalue weighted by Gasteiger charge is 2.30. The number of carbonyl (C=O) groups is 1. The van der Waals surface area contributed by atoms with Crippen LogP contribution in [-0.4, -0.2) is 19.3 Å². The van der Waals surface area contributed by atoms with E-state index in [0.717, 1.165) is 17.7 Å². The molecule has 3 rings (SSSR count). The van der Waals surface area contributed by atoms with Gasteiger partial charge in [-0.1, -0.05) is 6.07 Å². The van der Waals surface area contributed by atoms with Gasteiger partial charge in [-0.3, -0.25) is 14.5 Å². The molecule has 0 radical (unpaired) electrons. The molecular weight excluding hydrogens is 431 g/mol. The van der Waals surface area contributed by atoms with Crippen LogP contribution in [-0.2, 0) is 16.2 Å². The van der Waals surface area contributed by atoms with Gasteiger partial charge in [-0.2, -0.15) is 13.2 Å². The van der Waals surface area contributed by atoms with Crippen LogP contribution in [0, 0.1) is 0 Å². The predicted octanol–water partition coefficient (Wildman–Crippen LogP) is 4.39. The molecule has 1 unspecified atom stereocenters. The Balaban J connectivity index is 1.72. The average molecular weight is 449 g/mol. The van der Waals surface area contributed by atoms with E-state index in [0.29, 0.717) is 6.07 Å². The second-order valence-corrected chi connectivity index (χ2v) is 8.37. The van der Waals surface area contributed by atoms with Crippen LogP contribution in [0.4, 0.5) is 18.9 Å². The summed E-state index contributed by atoms with van der Waals surface area (Å²) in [7, 11) is -4.14. The van der Waals surface area contributed by atoms with Crippen molar-refractivity contribution in [3.63, 3.8) is 0 Å². The fourth-order valence-electron chi connectivity index (χ4n) is 2.77. The number of sulfonamides is 1. The smallest absolute Gasteiger partial charge is 0.346 e. The molecule has 1 aromatic heterocycles. The number of pyridine rings is 1. The number of rotatable bonds is 6. The Hall–Kier alpha value is -3.40. The van der Waals surface area contributed by atoms with Gasteiger partial charge in [-0.25, -0.2) is 8.42 Å². The second kappa shape index (κ2) is 8.76. The number of anilines is 1. The Morgan fingerprint density at radius 1 is 1.00 bits per heavy atom. The molecule has 0 saturated heterocycles. The third-order valence-corrected chi connectivity index (χ3v) is 5.82. The van der Waals surface area contributed by atoms with Crippen LogP contribution in [0.15, 0.2) is 78.0 Å². The number of nitrogens with zero attached hydrogens (tertiary/aromatic N) is 1. The number of nitrogens with one attached hydrogen (secondary N) is 2. The zero-order valence-electron chi connectivity index (χ0n) is 16.2.